The zero-order valence-corrected chi connectivity index (χ0v) is 40.9. The lowest BCUT2D eigenvalue weighted by atomic mass is 9.99. The molecule has 1 saturated heterocycles. The van der Waals surface area contributed by atoms with Crippen LogP contribution in [0.4, 0.5) is 0 Å². The minimum absolute atomic E-state index is 0.0253. The summed E-state index contributed by atoms with van der Waals surface area (Å²) in [6.07, 6.45) is 42.8. The van der Waals surface area contributed by atoms with E-state index in [2.05, 4.69) is 66.6 Å². The molecule has 1 heterocycles. The Bertz CT molecular complexity index is 1300. The number of carbonyl (C=O) groups is 1. The summed E-state index contributed by atoms with van der Waals surface area (Å²) in [5.41, 5.74) is 0. The van der Waals surface area contributed by atoms with Crippen LogP contribution in [0.15, 0.2) is 48.6 Å². The molecule has 1 aliphatic heterocycles. The Morgan fingerprint density at radius 1 is 0.594 bits per heavy atom. The minimum Gasteiger partial charge on any atom is -0.457 e. The highest BCUT2D eigenvalue weighted by molar-refractivity contribution is 7.80. The molecule has 0 bridgehead atoms. The van der Waals surface area contributed by atoms with Gasteiger partial charge in [0.05, 0.1) is 19.8 Å². The Labute approximate surface area is 389 Å². The number of aliphatic hydroxyl groups is 3. The van der Waals surface area contributed by atoms with Crippen LogP contribution in [0.3, 0.4) is 0 Å². The van der Waals surface area contributed by atoms with Crippen molar-refractivity contribution in [1.29, 1.82) is 0 Å². The van der Waals surface area contributed by atoms with Gasteiger partial charge < -0.3 is 34.3 Å². The van der Waals surface area contributed by atoms with Crippen molar-refractivity contribution in [3.05, 3.63) is 48.6 Å². The maximum absolute atomic E-state index is 12.9. The van der Waals surface area contributed by atoms with Crippen molar-refractivity contribution in [2.75, 3.05) is 26.4 Å². The fourth-order valence-corrected chi connectivity index (χ4v) is 8.07. The first-order chi connectivity index (χ1) is 31.1. The highest BCUT2D eigenvalue weighted by atomic mass is 32.3. The van der Waals surface area contributed by atoms with Crippen molar-refractivity contribution >= 4 is 16.4 Å². The van der Waals surface area contributed by atoms with Crippen LogP contribution < -0.4 is 0 Å². The van der Waals surface area contributed by atoms with E-state index in [1.54, 1.807) is 0 Å². The predicted octanol–water partition coefficient (Wildman–Crippen LogP) is 11.5. The third-order valence-electron chi connectivity index (χ3n) is 11.4. The number of hydrogen-bond acceptors (Lipinski definition) is 11. The number of rotatable bonds is 44. The number of hydrogen-bond donors (Lipinski definition) is 4. The molecule has 0 aromatic carbocycles. The average Bonchev–Trinajstić information content (AvgIpc) is 3.27. The van der Waals surface area contributed by atoms with Crippen molar-refractivity contribution in [3.8, 4) is 0 Å². The lowest BCUT2D eigenvalue weighted by molar-refractivity contribution is -0.301. The molecule has 6 atom stereocenters. The van der Waals surface area contributed by atoms with Crippen LogP contribution in [0, 0.1) is 0 Å². The third kappa shape index (κ3) is 35.3. The molecule has 4 N–H and O–H groups in total. The normalized spacial score (nSPS) is 20.1. The van der Waals surface area contributed by atoms with Crippen molar-refractivity contribution in [2.24, 2.45) is 0 Å². The lowest BCUT2D eigenvalue weighted by Crippen LogP contribution is -2.60. The van der Waals surface area contributed by atoms with Crippen molar-refractivity contribution in [3.63, 3.8) is 0 Å². The first-order valence-electron chi connectivity index (χ1n) is 25.4. The van der Waals surface area contributed by atoms with E-state index in [0.717, 1.165) is 77.0 Å². The number of carbonyl (C=O) groups excluding carboxylic acids is 1. The van der Waals surface area contributed by atoms with Gasteiger partial charge >= 0.3 is 16.4 Å². The van der Waals surface area contributed by atoms with E-state index in [0.29, 0.717) is 13.0 Å². The van der Waals surface area contributed by atoms with Gasteiger partial charge in [-0.2, -0.15) is 8.42 Å². The predicted molar refractivity (Wildman–Crippen MR) is 257 cm³/mol. The minimum atomic E-state index is -5.07. The molecule has 374 valence electrons. The smallest absolute Gasteiger partial charge is 0.397 e. The van der Waals surface area contributed by atoms with Crippen LogP contribution in [-0.2, 0) is 38.3 Å². The second-order valence-corrected chi connectivity index (χ2v) is 18.4. The molecule has 0 radical (unpaired) electrons. The Hall–Kier alpha value is -1.94. The molecular formula is C51H92O12S. The number of aliphatic hydroxyl groups excluding tert-OH is 3. The molecule has 0 spiro atoms. The van der Waals surface area contributed by atoms with Crippen molar-refractivity contribution in [2.45, 2.75) is 243 Å². The zero-order chi connectivity index (χ0) is 46.8. The van der Waals surface area contributed by atoms with E-state index in [-0.39, 0.29) is 19.6 Å². The molecular weight excluding hydrogens is 837 g/mol. The van der Waals surface area contributed by atoms with E-state index < -0.39 is 59.8 Å². The largest absolute Gasteiger partial charge is 0.457 e. The van der Waals surface area contributed by atoms with Gasteiger partial charge in [0.15, 0.2) is 6.29 Å². The molecule has 12 nitrogen and oxygen atoms in total. The van der Waals surface area contributed by atoms with Gasteiger partial charge in [-0.15, -0.1) is 0 Å². The summed E-state index contributed by atoms with van der Waals surface area (Å²) in [5, 5.41) is 30.7. The lowest BCUT2D eigenvalue weighted by Gasteiger charge is -2.41. The van der Waals surface area contributed by atoms with Crippen LogP contribution in [0.25, 0.3) is 0 Å². The van der Waals surface area contributed by atoms with E-state index in [1.165, 1.54) is 103 Å². The second-order valence-electron chi connectivity index (χ2n) is 17.4. The molecule has 0 aromatic heterocycles. The Kier molecular flexibility index (Phi) is 39.8. The molecule has 6 unspecified atom stereocenters. The van der Waals surface area contributed by atoms with Gasteiger partial charge in [0.25, 0.3) is 0 Å². The summed E-state index contributed by atoms with van der Waals surface area (Å²) in [6, 6.07) is 0. The number of esters is 1. The summed E-state index contributed by atoms with van der Waals surface area (Å²) in [5.74, 6) is -0.412. The Morgan fingerprint density at radius 2 is 1.03 bits per heavy atom. The van der Waals surface area contributed by atoms with Crippen LogP contribution in [0.2, 0.25) is 0 Å². The molecule has 1 fully saturated rings. The Balaban J connectivity index is 2.38. The fourth-order valence-electron chi connectivity index (χ4n) is 7.56. The van der Waals surface area contributed by atoms with Gasteiger partial charge in [-0.05, 0) is 77.0 Å². The summed E-state index contributed by atoms with van der Waals surface area (Å²) < 4.78 is 59.2. The number of unbranched alkanes of at least 4 members (excludes halogenated alkanes) is 23. The molecule has 0 aliphatic carbocycles. The highest BCUT2D eigenvalue weighted by Gasteiger charge is 2.48. The van der Waals surface area contributed by atoms with E-state index in [4.69, 9.17) is 18.9 Å². The maximum atomic E-state index is 12.9. The first kappa shape index (κ1) is 60.1. The molecule has 13 heteroatoms. The molecule has 64 heavy (non-hydrogen) atoms. The van der Waals surface area contributed by atoms with Gasteiger partial charge in [0.1, 0.15) is 30.5 Å². The van der Waals surface area contributed by atoms with E-state index in [1.807, 2.05) is 0 Å². The quantitative estimate of drug-likeness (QED) is 0.0197. The SMILES string of the molecule is CCCCCCC/C=C\C/C=C\C/C=C\CCCCCCCCCOCC(COC1OC(CO)C(O)C(OS(=O)(=O)O)C1O)OC(=O)CCCCCCC/C=C\CCCCCCCC. The topological polar surface area (TPSA) is 178 Å². The number of allylic oxidation sites excluding steroid dienone is 8. The standard InChI is InChI=1S/C51H92O12S/c1-3-5-7-9-11-13-15-17-19-20-21-22-23-24-25-27-29-31-33-35-37-39-41-59-43-45(44-60-51-49(55)50(63-64(56,57)58)48(54)46(42-52)62-51)61-47(53)40-38-36-34-32-30-28-26-18-16-14-12-10-8-6-4-2/h15,17-18,20-21,23-24,26,45-46,48-52,54-55H,3-14,16,19,22,25,27-44H2,1-2H3,(H,56,57,58)/b17-15-,21-20-,24-23-,26-18-. The van der Waals surface area contributed by atoms with Gasteiger partial charge in [-0.3, -0.25) is 9.35 Å². The molecule has 0 saturated carbocycles. The van der Waals surface area contributed by atoms with Crippen LogP contribution in [-0.4, -0.2) is 97.5 Å². The van der Waals surface area contributed by atoms with Crippen LogP contribution >= 0.6 is 0 Å². The van der Waals surface area contributed by atoms with Crippen LogP contribution in [0.5, 0.6) is 0 Å². The molecule has 1 rings (SSSR count). The zero-order valence-electron chi connectivity index (χ0n) is 40.1. The summed E-state index contributed by atoms with van der Waals surface area (Å²) in [4.78, 5) is 12.9. The van der Waals surface area contributed by atoms with Gasteiger partial charge in [0, 0.05) is 13.0 Å². The van der Waals surface area contributed by atoms with E-state index in [9.17, 15) is 33.1 Å². The van der Waals surface area contributed by atoms with Gasteiger partial charge in [-0.25, -0.2) is 4.18 Å². The van der Waals surface area contributed by atoms with Crippen LogP contribution in [0.1, 0.15) is 206 Å². The average molecular weight is 929 g/mol. The monoisotopic (exact) mass is 929 g/mol. The highest BCUT2D eigenvalue weighted by Crippen LogP contribution is 2.26. The van der Waals surface area contributed by atoms with Crippen molar-refractivity contribution in [1.82, 2.24) is 0 Å². The molecule has 0 aromatic rings. The first-order valence-corrected chi connectivity index (χ1v) is 26.8. The fraction of sp³-hybridized carbons (Fsp3) is 0.824. The number of ether oxygens (including phenoxy) is 4. The summed E-state index contributed by atoms with van der Waals surface area (Å²) in [7, 11) is -5.07. The van der Waals surface area contributed by atoms with Gasteiger partial charge in [0.2, 0.25) is 0 Å². The summed E-state index contributed by atoms with van der Waals surface area (Å²) in [6.45, 7) is 3.95. The van der Waals surface area contributed by atoms with E-state index >= 15 is 0 Å². The molecule has 0 amide bonds. The van der Waals surface area contributed by atoms with Gasteiger partial charge in [-0.1, -0.05) is 172 Å². The maximum Gasteiger partial charge on any atom is 0.397 e. The summed E-state index contributed by atoms with van der Waals surface area (Å²) >= 11 is 0. The second kappa shape index (κ2) is 42.4. The van der Waals surface area contributed by atoms with Crippen molar-refractivity contribution < 1.29 is 56.2 Å². The molecule has 1 aliphatic rings. The Morgan fingerprint density at radius 3 is 1.52 bits per heavy atom. The third-order valence-corrected chi connectivity index (χ3v) is 11.9.